The van der Waals surface area contributed by atoms with Crippen LogP contribution in [0.4, 0.5) is 0 Å². The minimum atomic E-state index is 0.0296. The van der Waals surface area contributed by atoms with E-state index in [-0.39, 0.29) is 11.8 Å². The molecule has 6 heteroatoms. The summed E-state index contributed by atoms with van der Waals surface area (Å²) in [5, 5.41) is 2.98. The molecule has 3 heterocycles. The van der Waals surface area contributed by atoms with Crippen molar-refractivity contribution >= 4 is 34.1 Å². The molecule has 1 aliphatic heterocycles. The standard InChI is InChI=1S/C19H19N3O2S/c1-20-15-6-3-2-5-14(15)13-16(20)18(23)21-8-10-22(11-9-21)19(24)17-7-4-12-25-17/h2-7,12-13H,8-11H2,1H3. The molecule has 1 fully saturated rings. The molecule has 2 amide bonds. The van der Waals surface area contributed by atoms with Gasteiger partial charge in [-0.05, 0) is 23.6 Å². The highest BCUT2D eigenvalue weighted by atomic mass is 32.1. The third-order valence-electron chi connectivity index (χ3n) is 4.76. The number of para-hydroxylation sites is 1. The Morgan fingerprint density at radius 3 is 2.24 bits per heavy atom. The summed E-state index contributed by atoms with van der Waals surface area (Å²) in [7, 11) is 1.92. The summed E-state index contributed by atoms with van der Waals surface area (Å²) in [5.41, 5.74) is 1.75. The van der Waals surface area contributed by atoms with Crippen LogP contribution in [0.5, 0.6) is 0 Å². The number of carbonyl (C=O) groups excluding carboxylic acids is 2. The van der Waals surface area contributed by atoms with E-state index >= 15 is 0 Å². The van der Waals surface area contributed by atoms with Crippen LogP contribution >= 0.6 is 11.3 Å². The van der Waals surface area contributed by atoms with Gasteiger partial charge in [-0.15, -0.1) is 11.3 Å². The van der Waals surface area contributed by atoms with Gasteiger partial charge in [-0.3, -0.25) is 9.59 Å². The first kappa shape index (κ1) is 15.9. The van der Waals surface area contributed by atoms with Crippen molar-refractivity contribution < 1.29 is 9.59 Å². The summed E-state index contributed by atoms with van der Waals surface area (Å²) in [6, 6.07) is 13.7. The summed E-state index contributed by atoms with van der Waals surface area (Å²) in [6.45, 7) is 2.29. The van der Waals surface area contributed by atoms with Crippen molar-refractivity contribution in [2.75, 3.05) is 26.2 Å². The first-order chi connectivity index (χ1) is 12.1. The van der Waals surface area contributed by atoms with Crippen LogP contribution in [-0.4, -0.2) is 52.4 Å². The van der Waals surface area contributed by atoms with Gasteiger partial charge < -0.3 is 14.4 Å². The normalized spacial score (nSPS) is 14.9. The quantitative estimate of drug-likeness (QED) is 0.711. The molecule has 128 valence electrons. The first-order valence-electron chi connectivity index (χ1n) is 8.31. The highest BCUT2D eigenvalue weighted by molar-refractivity contribution is 7.12. The third-order valence-corrected chi connectivity index (χ3v) is 5.61. The Morgan fingerprint density at radius 1 is 0.920 bits per heavy atom. The molecule has 0 aliphatic carbocycles. The van der Waals surface area contributed by atoms with Crippen molar-refractivity contribution in [2.24, 2.45) is 7.05 Å². The second-order valence-corrected chi connectivity index (χ2v) is 7.16. The van der Waals surface area contributed by atoms with Crippen molar-refractivity contribution in [2.45, 2.75) is 0 Å². The molecule has 5 nitrogen and oxygen atoms in total. The lowest BCUT2D eigenvalue weighted by Gasteiger charge is -2.34. The van der Waals surface area contributed by atoms with Gasteiger partial charge >= 0.3 is 0 Å². The number of fused-ring (bicyclic) bond motifs is 1. The Morgan fingerprint density at radius 2 is 1.60 bits per heavy atom. The second-order valence-electron chi connectivity index (χ2n) is 6.21. The van der Waals surface area contributed by atoms with Gasteiger partial charge in [0, 0.05) is 44.1 Å². The van der Waals surface area contributed by atoms with E-state index < -0.39 is 0 Å². The van der Waals surface area contributed by atoms with Crippen LogP contribution in [0.15, 0.2) is 47.8 Å². The number of hydrogen-bond donors (Lipinski definition) is 0. The minimum absolute atomic E-state index is 0.0296. The lowest BCUT2D eigenvalue weighted by Crippen LogP contribution is -2.50. The minimum Gasteiger partial charge on any atom is -0.340 e. The molecule has 3 aromatic rings. The molecule has 4 rings (SSSR count). The number of carbonyl (C=O) groups is 2. The van der Waals surface area contributed by atoms with Crippen LogP contribution in [0.2, 0.25) is 0 Å². The van der Waals surface area contributed by atoms with Gasteiger partial charge in [-0.1, -0.05) is 24.3 Å². The predicted octanol–water partition coefficient (Wildman–Crippen LogP) is 2.84. The fourth-order valence-electron chi connectivity index (χ4n) is 3.32. The summed E-state index contributed by atoms with van der Waals surface area (Å²) >= 11 is 1.46. The number of piperazine rings is 1. The monoisotopic (exact) mass is 353 g/mol. The van der Waals surface area contributed by atoms with Gasteiger partial charge in [0.1, 0.15) is 5.69 Å². The zero-order valence-electron chi connectivity index (χ0n) is 14.0. The molecule has 0 unspecified atom stereocenters. The lowest BCUT2D eigenvalue weighted by atomic mass is 10.2. The van der Waals surface area contributed by atoms with Gasteiger partial charge in [0.25, 0.3) is 11.8 Å². The Balaban J connectivity index is 1.47. The molecule has 0 saturated carbocycles. The van der Waals surface area contributed by atoms with Gasteiger partial charge in [-0.2, -0.15) is 0 Å². The lowest BCUT2D eigenvalue weighted by molar-refractivity contribution is 0.0533. The van der Waals surface area contributed by atoms with Crippen LogP contribution in [0.1, 0.15) is 20.2 Å². The number of thiophene rings is 1. The van der Waals surface area contributed by atoms with Crippen LogP contribution in [0.25, 0.3) is 10.9 Å². The topological polar surface area (TPSA) is 45.6 Å². The van der Waals surface area contributed by atoms with Crippen LogP contribution in [0, 0.1) is 0 Å². The van der Waals surface area contributed by atoms with Crippen molar-refractivity contribution in [3.8, 4) is 0 Å². The van der Waals surface area contributed by atoms with Gasteiger partial charge in [0.15, 0.2) is 0 Å². The van der Waals surface area contributed by atoms with Crippen molar-refractivity contribution in [3.63, 3.8) is 0 Å². The molecule has 0 atom stereocenters. The summed E-state index contributed by atoms with van der Waals surface area (Å²) in [5.74, 6) is 0.0913. The molecule has 0 spiro atoms. The number of benzene rings is 1. The van der Waals surface area contributed by atoms with Crippen LogP contribution in [-0.2, 0) is 7.05 Å². The summed E-state index contributed by atoms with van der Waals surface area (Å²) < 4.78 is 1.95. The van der Waals surface area contributed by atoms with Crippen molar-refractivity contribution in [1.82, 2.24) is 14.4 Å². The van der Waals surface area contributed by atoms with Crippen LogP contribution < -0.4 is 0 Å². The van der Waals surface area contributed by atoms with Crippen molar-refractivity contribution in [3.05, 3.63) is 58.4 Å². The fraction of sp³-hybridized carbons (Fsp3) is 0.263. The predicted molar refractivity (Wildman–Crippen MR) is 99.0 cm³/mol. The van der Waals surface area contributed by atoms with Gasteiger partial charge in [0.05, 0.1) is 4.88 Å². The molecular weight excluding hydrogens is 334 g/mol. The maximum atomic E-state index is 12.9. The Bertz CT molecular complexity index is 921. The van der Waals surface area contributed by atoms with E-state index in [4.69, 9.17) is 0 Å². The zero-order chi connectivity index (χ0) is 17.4. The number of aryl methyl sites for hydroxylation is 1. The van der Waals surface area contributed by atoms with E-state index in [0.29, 0.717) is 31.9 Å². The molecule has 25 heavy (non-hydrogen) atoms. The molecule has 0 bridgehead atoms. The number of hydrogen-bond acceptors (Lipinski definition) is 3. The Kier molecular flexibility index (Phi) is 4.05. The average molecular weight is 353 g/mol. The second kappa shape index (κ2) is 6.37. The van der Waals surface area contributed by atoms with E-state index in [1.807, 2.05) is 69.3 Å². The number of aromatic nitrogens is 1. The third kappa shape index (κ3) is 2.82. The molecule has 1 aromatic carbocycles. The largest absolute Gasteiger partial charge is 0.340 e. The molecule has 0 N–H and O–H groups in total. The van der Waals surface area contributed by atoms with E-state index in [1.165, 1.54) is 11.3 Å². The van der Waals surface area contributed by atoms with Crippen LogP contribution in [0.3, 0.4) is 0 Å². The highest BCUT2D eigenvalue weighted by Gasteiger charge is 2.27. The zero-order valence-corrected chi connectivity index (χ0v) is 14.8. The number of rotatable bonds is 2. The Hall–Kier alpha value is -2.60. The number of amides is 2. The van der Waals surface area contributed by atoms with E-state index in [9.17, 15) is 9.59 Å². The smallest absolute Gasteiger partial charge is 0.270 e. The Labute approximate surface area is 150 Å². The molecule has 1 aliphatic rings. The summed E-state index contributed by atoms with van der Waals surface area (Å²) in [6.07, 6.45) is 0. The maximum Gasteiger partial charge on any atom is 0.270 e. The maximum absolute atomic E-state index is 12.9. The van der Waals surface area contributed by atoms with E-state index in [0.717, 1.165) is 15.8 Å². The van der Waals surface area contributed by atoms with Gasteiger partial charge in [0.2, 0.25) is 0 Å². The van der Waals surface area contributed by atoms with E-state index in [2.05, 4.69) is 0 Å². The average Bonchev–Trinajstić information content (AvgIpc) is 3.30. The summed E-state index contributed by atoms with van der Waals surface area (Å²) in [4.78, 5) is 29.7. The van der Waals surface area contributed by atoms with E-state index in [1.54, 1.807) is 0 Å². The van der Waals surface area contributed by atoms with Crippen molar-refractivity contribution in [1.29, 1.82) is 0 Å². The first-order valence-corrected chi connectivity index (χ1v) is 9.19. The van der Waals surface area contributed by atoms with Gasteiger partial charge in [-0.25, -0.2) is 0 Å². The molecule has 0 radical (unpaired) electrons. The molecule has 2 aromatic heterocycles. The fourth-order valence-corrected chi connectivity index (χ4v) is 4.02. The highest BCUT2D eigenvalue weighted by Crippen LogP contribution is 2.20. The molecule has 1 saturated heterocycles. The number of nitrogens with zero attached hydrogens (tertiary/aromatic N) is 3. The SMILES string of the molecule is Cn1c(C(=O)N2CCN(C(=O)c3cccs3)CC2)cc2ccccc21. The molecular formula is C19H19N3O2S.